The first-order valence-electron chi connectivity index (χ1n) is 8.43. The first-order chi connectivity index (χ1) is 12.8. The molecule has 0 aliphatic rings. The molecule has 2 aromatic heterocycles. The van der Waals surface area contributed by atoms with Gasteiger partial charge in [0.05, 0.1) is 11.2 Å². The van der Waals surface area contributed by atoms with Gasteiger partial charge in [0.2, 0.25) is 5.89 Å². The average Bonchev–Trinajstić information content (AvgIpc) is 3.17. The number of carbonyl (C=O) groups excluding carboxylic acids is 1. The Balaban J connectivity index is 1.37. The Morgan fingerprint density at radius 2 is 1.73 bits per heavy atom. The SMILES string of the molecule is O=C(NCCc1coc(-c2ccccc2)n1)c1ccc2ccccc2n1. The number of benzene rings is 2. The van der Waals surface area contributed by atoms with E-state index in [1.165, 1.54) is 0 Å². The molecule has 0 saturated carbocycles. The fourth-order valence-electron chi connectivity index (χ4n) is 2.72. The van der Waals surface area contributed by atoms with Gasteiger partial charge in [-0.05, 0) is 24.3 Å². The van der Waals surface area contributed by atoms with E-state index in [-0.39, 0.29) is 5.91 Å². The highest BCUT2D eigenvalue weighted by Gasteiger charge is 2.09. The van der Waals surface area contributed by atoms with Crippen LogP contribution in [-0.2, 0) is 6.42 Å². The van der Waals surface area contributed by atoms with Crippen LogP contribution in [0.1, 0.15) is 16.2 Å². The highest BCUT2D eigenvalue weighted by molar-refractivity contribution is 5.94. The molecular weight excluding hydrogens is 326 g/mol. The molecule has 5 heteroatoms. The minimum Gasteiger partial charge on any atom is -0.444 e. The molecule has 0 bridgehead atoms. The number of hydrogen-bond donors (Lipinski definition) is 1. The van der Waals surface area contributed by atoms with Gasteiger partial charge in [-0.2, -0.15) is 0 Å². The molecule has 4 aromatic rings. The minimum absolute atomic E-state index is 0.192. The standard InChI is InChI=1S/C21H17N3O2/c25-20(19-11-10-15-6-4-5-9-18(15)24-19)22-13-12-17-14-26-21(23-17)16-7-2-1-3-8-16/h1-11,14H,12-13H2,(H,22,25). The fraction of sp³-hybridized carbons (Fsp3) is 0.0952. The summed E-state index contributed by atoms with van der Waals surface area (Å²) in [5, 5.41) is 3.89. The number of carbonyl (C=O) groups is 1. The number of rotatable bonds is 5. The number of para-hydroxylation sites is 1. The van der Waals surface area contributed by atoms with Crippen LogP contribution in [0.25, 0.3) is 22.4 Å². The average molecular weight is 343 g/mol. The summed E-state index contributed by atoms with van der Waals surface area (Å²) in [6.45, 7) is 0.466. The molecule has 0 atom stereocenters. The molecule has 1 amide bonds. The van der Waals surface area contributed by atoms with Crippen LogP contribution in [0.2, 0.25) is 0 Å². The van der Waals surface area contributed by atoms with Crippen LogP contribution >= 0.6 is 0 Å². The number of hydrogen-bond acceptors (Lipinski definition) is 4. The Kier molecular flexibility index (Phi) is 4.43. The number of nitrogens with zero attached hydrogens (tertiary/aromatic N) is 2. The lowest BCUT2D eigenvalue weighted by molar-refractivity contribution is 0.0949. The zero-order valence-corrected chi connectivity index (χ0v) is 14.1. The van der Waals surface area contributed by atoms with Gasteiger partial charge in [0, 0.05) is 23.9 Å². The third-order valence-electron chi connectivity index (χ3n) is 4.07. The molecule has 0 unspecified atom stereocenters. The number of fused-ring (bicyclic) bond motifs is 1. The Labute approximate surface area is 150 Å². The van der Waals surface area contributed by atoms with Gasteiger partial charge >= 0.3 is 0 Å². The molecule has 4 rings (SSSR count). The van der Waals surface area contributed by atoms with Crippen molar-refractivity contribution >= 4 is 16.8 Å². The number of amides is 1. The van der Waals surface area contributed by atoms with Crippen molar-refractivity contribution in [3.63, 3.8) is 0 Å². The van der Waals surface area contributed by atoms with Gasteiger partial charge < -0.3 is 9.73 Å². The molecule has 2 heterocycles. The van der Waals surface area contributed by atoms with Gasteiger partial charge in [0.25, 0.3) is 5.91 Å². The molecule has 0 fully saturated rings. The lowest BCUT2D eigenvalue weighted by Crippen LogP contribution is -2.26. The highest BCUT2D eigenvalue weighted by Crippen LogP contribution is 2.18. The van der Waals surface area contributed by atoms with Crippen LogP contribution < -0.4 is 5.32 Å². The van der Waals surface area contributed by atoms with Crippen molar-refractivity contribution in [1.29, 1.82) is 0 Å². The van der Waals surface area contributed by atoms with Gasteiger partial charge in [-0.3, -0.25) is 4.79 Å². The number of nitrogens with one attached hydrogen (secondary N) is 1. The summed E-state index contributed by atoms with van der Waals surface area (Å²) in [5.74, 6) is 0.394. The molecule has 128 valence electrons. The molecule has 0 radical (unpaired) electrons. The molecule has 26 heavy (non-hydrogen) atoms. The second-order valence-electron chi connectivity index (χ2n) is 5.91. The van der Waals surface area contributed by atoms with Gasteiger partial charge in [0.15, 0.2) is 0 Å². The van der Waals surface area contributed by atoms with E-state index in [0.717, 1.165) is 22.2 Å². The van der Waals surface area contributed by atoms with Gasteiger partial charge in [-0.1, -0.05) is 42.5 Å². The van der Waals surface area contributed by atoms with E-state index in [4.69, 9.17) is 4.42 Å². The summed E-state index contributed by atoms with van der Waals surface area (Å²) in [6, 6.07) is 21.1. The zero-order valence-electron chi connectivity index (χ0n) is 14.1. The smallest absolute Gasteiger partial charge is 0.269 e. The van der Waals surface area contributed by atoms with E-state index < -0.39 is 0 Å². The Morgan fingerprint density at radius 3 is 2.62 bits per heavy atom. The quantitative estimate of drug-likeness (QED) is 0.597. The van der Waals surface area contributed by atoms with Crippen LogP contribution in [0.15, 0.2) is 77.4 Å². The largest absolute Gasteiger partial charge is 0.444 e. The van der Waals surface area contributed by atoms with E-state index in [9.17, 15) is 4.79 Å². The number of aromatic nitrogens is 2. The summed E-state index contributed by atoms with van der Waals surface area (Å²) in [4.78, 5) is 21.1. The number of oxazole rings is 1. The zero-order chi connectivity index (χ0) is 17.8. The lowest BCUT2D eigenvalue weighted by atomic mass is 10.2. The van der Waals surface area contributed by atoms with Crippen molar-refractivity contribution in [2.75, 3.05) is 6.54 Å². The predicted molar refractivity (Wildman–Crippen MR) is 99.7 cm³/mol. The summed E-state index contributed by atoms with van der Waals surface area (Å²) in [7, 11) is 0. The van der Waals surface area contributed by atoms with Crippen LogP contribution in [0.5, 0.6) is 0 Å². The van der Waals surface area contributed by atoms with Gasteiger partial charge in [-0.15, -0.1) is 0 Å². The van der Waals surface area contributed by atoms with Crippen molar-refractivity contribution in [2.24, 2.45) is 0 Å². The van der Waals surface area contributed by atoms with Crippen LogP contribution in [0.4, 0.5) is 0 Å². The molecule has 0 aliphatic carbocycles. The molecular formula is C21H17N3O2. The molecule has 2 aromatic carbocycles. The third-order valence-corrected chi connectivity index (χ3v) is 4.07. The predicted octanol–water partition coefficient (Wildman–Crippen LogP) is 3.86. The van der Waals surface area contributed by atoms with Crippen molar-refractivity contribution in [2.45, 2.75) is 6.42 Å². The Bertz CT molecular complexity index is 1040. The maximum atomic E-state index is 12.3. The first-order valence-corrected chi connectivity index (χ1v) is 8.43. The van der Waals surface area contributed by atoms with Gasteiger partial charge in [0.1, 0.15) is 12.0 Å². The normalized spacial score (nSPS) is 10.8. The van der Waals surface area contributed by atoms with E-state index in [1.807, 2.05) is 60.7 Å². The highest BCUT2D eigenvalue weighted by atomic mass is 16.3. The molecule has 0 spiro atoms. The Morgan fingerprint density at radius 1 is 0.923 bits per heavy atom. The second kappa shape index (κ2) is 7.19. The fourth-order valence-corrected chi connectivity index (χ4v) is 2.72. The van der Waals surface area contributed by atoms with Crippen molar-refractivity contribution in [3.8, 4) is 11.5 Å². The van der Waals surface area contributed by atoms with Crippen molar-refractivity contribution < 1.29 is 9.21 Å². The lowest BCUT2D eigenvalue weighted by Gasteiger charge is -2.04. The van der Waals surface area contributed by atoms with Crippen molar-refractivity contribution in [3.05, 3.63) is 84.4 Å². The third kappa shape index (κ3) is 3.47. The van der Waals surface area contributed by atoms with Crippen molar-refractivity contribution in [1.82, 2.24) is 15.3 Å². The molecule has 0 saturated heterocycles. The molecule has 0 aliphatic heterocycles. The monoisotopic (exact) mass is 343 g/mol. The maximum absolute atomic E-state index is 12.3. The summed E-state index contributed by atoms with van der Waals surface area (Å²) >= 11 is 0. The van der Waals surface area contributed by atoms with E-state index in [2.05, 4.69) is 15.3 Å². The van der Waals surface area contributed by atoms with Gasteiger partial charge in [-0.25, -0.2) is 9.97 Å². The molecule has 5 nitrogen and oxygen atoms in total. The van der Waals surface area contributed by atoms with Crippen LogP contribution in [-0.4, -0.2) is 22.4 Å². The summed E-state index contributed by atoms with van der Waals surface area (Å²) in [5.41, 5.74) is 2.96. The van der Waals surface area contributed by atoms with E-state index in [0.29, 0.717) is 24.6 Å². The van der Waals surface area contributed by atoms with E-state index in [1.54, 1.807) is 12.3 Å². The minimum atomic E-state index is -0.192. The summed E-state index contributed by atoms with van der Waals surface area (Å²) in [6.07, 6.45) is 2.22. The van der Waals surface area contributed by atoms with E-state index >= 15 is 0 Å². The van der Waals surface area contributed by atoms with Crippen LogP contribution in [0.3, 0.4) is 0 Å². The van der Waals surface area contributed by atoms with Crippen LogP contribution in [0, 0.1) is 0 Å². The summed E-state index contributed by atoms with van der Waals surface area (Å²) < 4.78 is 5.50. The number of pyridine rings is 1. The Hall–Kier alpha value is -3.47. The maximum Gasteiger partial charge on any atom is 0.269 e. The second-order valence-corrected chi connectivity index (χ2v) is 5.91. The first kappa shape index (κ1) is 16.0. The molecule has 1 N–H and O–H groups in total. The topological polar surface area (TPSA) is 68.0 Å².